The Bertz CT molecular complexity index is 524. The predicted octanol–water partition coefficient (Wildman–Crippen LogP) is 1.52. The molecule has 0 aromatic carbocycles. The van der Waals surface area contributed by atoms with Crippen LogP contribution in [-0.4, -0.2) is 19.9 Å². The predicted molar refractivity (Wildman–Crippen MR) is 70.4 cm³/mol. The van der Waals surface area contributed by atoms with E-state index in [2.05, 4.69) is 16.6 Å². The van der Waals surface area contributed by atoms with Gasteiger partial charge >= 0.3 is 0 Å². The monoisotopic (exact) mass is 269 g/mol. The van der Waals surface area contributed by atoms with Crippen LogP contribution in [0.1, 0.15) is 32.6 Å². The fourth-order valence-electron chi connectivity index (χ4n) is 2.17. The first-order valence-corrected chi connectivity index (χ1v) is 7.68. The van der Waals surface area contributed by atoms with Crippen molar-refractivity contribution in [1.29, 1.82) is 0 Å². The molecule has 0 bridgehead atoms. The molecule has 0 saturated heterocycles. The molecule has 0 amide bonds. The first-order chi connectivity index (χ1) is 8.49. The Morgan fingerprint density at radius 2 is 2.22 bits per heavy atom. The number of rotatable bonds is 6. The van der Waals surface area contributed by atoms with Crippen LogP contribution in [0.3, 0.4) is 0 Å². The Morgan fingerprint density at radius 1 is 1.50 bits per heavy atom. The lowest BCUT2D eigenvalue weighted by Gasteiger charge is -2.15. The molecular formula is C12H19N3O2S. The molecule has 3 N–H and O–H groups in total. The molecule has 1 saturated carbocycles. The van der Waals surface area contributed by atoms with Crippen molar-refractivity contribution in [2.24, 2.45) is 5.41 Å². The molecule has 2 rings (SSSR count). The number of hydrogen-bond acceptors (Lipinski definition) is 4. The van der Waals surface area contributed by atoms with Gasteiger partial charge in [-0.1, -0.05) is 13.3 Å². The van der Waals surface area contributed by atoms with E-state index in [1.807, 2.05) is 0 Å². The van der Waals surface area contributed by atoms with Gasteiger partial charge in [0.15, 0.2) is 5.03 Å². The van der Waals surface area contributed by atoms with E-state index in [1.165, 1.54) is 6.20 Å². The third kappa shape index (κ3) is 2.81. The maximum Gasteiger partial charge on any atom is 0.260 e. The molecule has 0 aliphatic heterocycles. The highest BCUT2D eigenvalue weighted by Crippen LogP contribution is 2.49. The molecule has 1 aliphatic carbocycles. The third-order valence-corrected chi connectivity index (χ3v) is 4.80. The molecule has 1 fully saturated rings. The number of aromatic nitrogens is 1. The van der Waals surface area contributed by atoms with Gasteiger partial charge in [-0.15, -0.1) is 0 Å². The minimum Gasteiger partial charge on any atom is -0.396 e. The fraction of sp³-hybridized carbons (Fsp3) is 0.583. The summed E-state index contributed by atoms with van der Waals surface area (Å²) in [6.07, 6.45) is 5.77. The molecule has 1 aromatic rings. The largest absolute Gasteiger partial charge is 0.396 e. The van der Waals surface area contributed by atoms with Gasteiger partial charge in [0.05, 0.1) is 5.69 Å². The van der Waals surface area contributed by atoms with Crippen molar-refractivity contribution in [2.45, 2.75) is 37.6 Å². The zero-order valence-electron chi connectivity index (χ0n) is 10.5. The van der Waals surface area contributed by atoms with Crippen LogP contribution in [0.2, 0.25) is 0 Å². The summed E-state index contributed by atoms with van der Waals surface area (Å²) in [5.74, 6) is 0. The molecule has 6 heteroatoms. The highest BCUT2D eigenvalue weighted by Gasteiger charge is 2.42. The Balaban J connectivity index is 2.07. The number of pyridine rings is 1. The maximum atomic E-state index is 12.1. The molecule has 1 aromatic heterocycles. The summed E-state index contributed by atoms with van der Waals surface area (Å²) in [4.78, 5) is 3.84. The fourth-order valence-corrected chi connectivity index (χ4v) is 3.38. The van der Waals surface area contributed by atoms with E-state index >= 15 is 0 Å². The highest BCUT2D eigenvalue weighted by molar-refractivity contribution is 7.89. The van der Waals surface area contributed by atoms with Crippen LogP contribution in [0.4, 0.5) is 5.69 Å². The van der Waals surface area contributed by atoms with Gasteiger partial charge in [-0.05, 0) is 36.8 Å². The quantitative estimate of drug-likeness (QED) is 0.820. The second kappa shape index (κ2) is 4.85. The number of hydrogen-bond donors (Lipinski definition) is 2. The summed E-state index contributed by atoms with van der Waals surface area (Å²) in [5, 5.41) is -0.0719. The Kier molecular flexibility index (Phi) is 3.59. The van der Waals surface area contributed by atoms with E-state index in [-0.39, 0.29) is 16.1 Å². The van der Waals surface area contributed by atoms with Gasteiger partial charge in [0.25, 0.3) is 10.0 Å². The smallest absolute Gasteiger partial charge is 0.260 e. The van der Waals surface area contributed by atoms with Crippen LogP contribution in [-0.2, 0) is 10.0 Å². The number of nitrogens with one attached hydrogen (secondary N) is 1. The van der Waals surface area contributed by atoms with Gasteiger partial charge in [-0.25, -0.2) is 18.1 Å². The van der Waals surface area contributed by atoms with E-state index in [4.69, 9.17) is 5.73 Å². The van der Waals surface area contributed by atoms with Crippen molar-refractivity contribution in [1.82, 2.24) is 9.71 Å². The normalized spacial score (nSPS) is 17.6. The first-order valence-electron chi connectivity index (χ1n) is 6.19. The molecule has 1 heterocycles. The summed E-state index contributed by atoms with van der Waals surface area (Å²) < 4.78 is 26.8. The van der Waals surface area contributed by atoms with Crippen LogP contribution in [0, 0.1) is 5.41 Å². The highest BCUT2D eigenvalue weighted by atomic mass is 32.2. The summed E-state index contributed by atoms with van der Waals surface area (Å²) >= 11 is 0. The van der Waals surface area contributed by atoms with Crippen LogP contribution in [0.25, 0.3) is 0 Å². The minimum atomic E-state index is -3.59. The Morgan fingerprint density at radius 3 is 2.78 bits per heavy atom. The minimum absolute atomic E-state index is 0.0719. The van der Waals surface area contributed by atoms with Crippen LogP contribution < -0.4 is 10.5 Å². The molecule has 100 valence electrons. The summed E-state index contributed by atoms with van der Waals surface area (Å²) in [6, 6.07) is 3.16. The van der Waals surface area contributed by atoms with Crippen molar-refractivity contribution >= 4 is 15.7 Å². The molecule has 5 nitrogen and oxygen atoms in total. The second-order valence-corrected chi connectivity index (χ2v) is 6.65. The van der Waals surface area contributed by atoms with Crippen molar-refractivity contribution < 1.29 is 8.42 Å². The van der Waals surface area contributed by atoms with Gasteiger partial charge in [0.1, 0.15) is 0 Å². The van der Waals surface area contributed by atoms with Crippen molar-refractivity contribution in [3.05, 3.63) is 18.3 Å². The van der Waals surface area contributed by atoms with Gasteiger partial charge in [-0.3, -0.25) is 0 Å². The van der Waals surface area contributed by atoms with Crippen molar-refractivity contribution in [2.75, 3.05) is 12.3 Å². The standard InChI is InChI=1S/C12H19N3O2S/c1-2-5-12(6-7-12)9-15-18(16,17)11-10(13)4-3-8-14-11/h3-4,8,15H,2,5-7,9,13H2,1H3. The zero-order valence-corrected chi connectivity index (χ0v) is 11.3. The lowest BCUT2D eigenvalue weighted by molar-refractivity contribution is 0.449. The van der Waals surface area contributed by atoms with E-state index in [0.717, 1.165) is 25.7 Å². The van der Waals surface area contributed by atoms with Gasteiger partial charge in [0, 0.05) is 12.7 Å². The third-order valence-electron chi connectivity index (χ3n) is 3.43. The SMILES string of the molecule is CCCC1(CNS(=O)(=O)c2ncccc2N)CC1. The van der Waals surface area contributed by atoms with Gasteiger partial charge in [-0.2, -0.15) is 0 Å². The maximum absolute atomic E-state index is 12.1. The lowest BCUT2D eigenvalue weighted by atomic mass is 10.0. The van der Waals surface area contributed by atoms with Crippen LogP contribution in [0.5, 0.6) is 0 Å². The Labute approximate surface area is 108 Å². The zero-order chi connectivity index (χ0) is 13.2. The van der Waals surface area contributed by atoms with E-state index in [0.29, 0.717) is 6.54 Å². The summed E-state index contributed by atoms with van der Waals surface area (Å²) in [7, 11) is -3.59. The summed E-state index contributed by atoms with van der Waals surface area (Å²) in [6.45, 7) is 2.60. The second-order valence-electron chi connectivity index (χ2n) is 4.97. The number of nitrogen functional groups attached to an aromatic ring is 1. The molecule has 0 radical (unpaired) electrons. The molecule has 18 heavy (non-hydrogen) atoms. The number of nitrogens with two attached hydrogens (primary N) is 1. The Hall–Kier alpha value is -1.14. The molecular weight excluding hydrogens is 250 g/mol. The molecule has 1 aliphatic rings. The van der Waals surface area contributed by atoms with Crippen molar-refractivity contribution in [3.8, 4) is 0 Å². The van der Waals surface area contributed by atoms with Gasteiger partial charge < -0.3 is 5.73 Å². The van der Waals surface area contributed by atoms with E-state index in [9.17, 15) is 8.42 Å². The van der Waals surface area contributed by atoms with Crippen LogP contribution >= 0.6 is 0 Å². The number of sulfonamides is 1. The number of anilines is 1. The van der Waals surface area contributed by atoms with E-state index < -0.39 is 10.0 Å². The first kappa shape index (κ1) is 13.3. The average Bonchev–Trinajstić information content (AvgIpc) is 3.08. The lowest BCUT2D eigenvalue weighted by Crippen LogP contribution is -2.31. The number of nitrogens with zero attached hydrogens (tertiary/aromatic N) is 1. The van der Waals surface area contributed by atoms with Gasteiger partial charge in [0.2, 0.25) is 0 Å². The molecule has 0 unspecified atom stereocenters. The summed E-state index contributed by atoms with van der Waals surface area (Å²) in [5.41, 5.74) is 6.00. The van der Waals surface area contributed by atoms with Crippen molar-refractivity contribution in [3.63, 3.8) is 0 Å². The topological polar surface area (TPSA) is 85.1 Å². The van der Waals surface area contributed by atoms with E-state index in [1.54, 1.807) is 12.1 Å². The average molecular weight is 269 g/mol. The molecule has 0 atom stereocenters. The van der Waals surface area contributed by atoms with Crippen LogP contribution in [0.15, 0.2) is 23.4 Å². The molecule has 0 spiro atoms.